The number of hydrogen-bond acceptors (Lipinski definition) is 5. The number of benzene rings is 1. The van der Waals surface area contributed by atoms with Gasteiger partial charge in [-0.25, -0.2) is 25.6 Å². The molecule has 0 unspecified atom stereocenters. The Morgan fingerprint density at radius 1 is 1.23 bits per heavy atom. The molecule has 0 fully saturated rings. The van der Waals surface area contributed by atoms with Crippen molar-refractivity contribution >= 4 is 39.7 Å². The zero-order valence-electron chi connectivity index (χ0n) is 19.6. The molecule has 0 aliphatic rings. The van der Waals surface area contributed by atoms with E-state index in [0.717, 1.165) is 23.2 Å². The van der Waals surface area contributed by atoms with E-state index in [1.807, 2.05) is 30.3 Å². The van der Waals surface area contributed by atoms with Crippen LogP contribution in [0.2, 0.25) is 18.1 Å². The quantitative estimate of drug-likeness (QED) is 0.398. The molecule has 0 spiro atoms. The number of para-hydroxylation sites is 1. The maximum Gasteiger partial charge on any atom is 1.00 e. The van der Waals surface area contributed by atoms with Gasteiger partial charge in [0.15, 0.2) is 22.5 Å². The smallest absolute Gasteiger partial charge is 0.417 e. The Balaban J connectivity index is 0.00000450. The molecule has 0 bridgehead atoms. The van der Waals surface area contributed by atoms with Crippen molar-refractivity contribution in [3.05, 3.63) is 42.2 Å². The average molecular weight is 492 g/mol. The number of sulfone groups is 1. The molecule has 2 aromatic rings. The van der Waals surface area contributed by atoms with Gasteiger partial charge in [0.05, 0.1) is 10.2 Å². The molecule has 0 radical (unpaired) electrons. The number of hydrogen-bond donors (Lipinski definition) is 0. The van der Waals surface area contributed by atoms with Gasteiger partial charge in [-0.1, -0.05) is 59.1 Å². The first-order valence-electron chi connectivity index (χ1n) is 10.1. The Hall–Kier alpha value is 0.483. The van der Waals surface area contributed by atoms with Crippen LogP contribution in [-0.4, -0.2) is 28.3 Å². The summed E-state index contributed by atoms with van der Waals surface area (Å²) in [7, 11) is -5.25. The molecular weight excluding hydrogens is 458 g/mol. The molecule has 2 atom stereocenters. The largest absolute Gasteiger partial charge is 1.00 e. The topological polar surface area (TPSA) is 56.3 Å². The Labute approximate surface area is 230 Å². The molecule has 2 rings (SSSR count). The second-order valence-electron chi connectivity index (χ2n) is 9.40. The van der Waals surface area contributed by atoms with Crippen LogP contribution >= 0.6 is 11.3 Å². The summed E-state index contributed by atoms with van der Waals surface area (Å²) < 4.78 is 32.4. The summed E-state index contributed by atoms with van der Waals surface area (Å²) in [5.74, 6) is 1.96. The number of thiazole rings is 1. The van der Waals surface area contributed by atoms with Crippen molar-refractivity contribution in [1.82, 2.24) is 4.98 Å². The SMILES string of the molecule is C[C@@H](CO[Si](C)(C)C(C)(C)C)C[C@H](C)/C=C/[CH-]S(=O)(=O)c1nc2ccccc2s1.[K+]. The predicted molar refractivity (Wildman–Crippen MR) is 126 cm³/mol. The minimum Gasteiger partial charge on any atom is -0.417 e. The number of aromatic nitrogens is 1. The Bertz CT molecular complexity index is 916. The Morgan fingerprint density at radius 2 is 1.87 bits per heavy atom. The van der Waals surface area contributed by atoms with Crippen LogP contribution in [0.1, 0.15) is 41.0 Å². The fraction of sp³-hybridized carbons (Fsp3) is 0.545. The van der Waals surface area contributed by atoms with Gasteiger partial charge in [0, 0.05) is 6.61 Å². The maximum absolute atomic E-state index is 12.5. The third kappa shape index (κ3) is 8.12. The van der Waals surface area contributed by atoms with Crippen LogP contribution in [0.3, 0.4) is 0 Å². The fourth-order valence-electron chi connectivity index (χ4n) is 2.72. The molecule has 0 saturated heterocycles. The minimum atomic E-state index is -3.52. The first-order valence-corrected chi connectivity index (χ1v) is 15.3. The molecule has 0 aliphatic carbocycles. The first-order chi connectivity index (χ1) is 13.3. The maximum atomic E-state index is 12.5. The summed E-state index contributed by atoms with van der Waals surface area (Å²) in [4.78, 5) is 4.25. The van der Waals surface area contributed by atoms with Crippen LogP contribution in [0.4, 0.5) is 0 Å². The second-order valence-corrected chi connectivity index (χ2v) is 17.3. The molecular formula is C22H34KNO3S2Si. The third-order valence-corrected chi connectivity index (χ3v) is 12.9. The van der Waals surface area contributed by atoms with E-state index in [2.05, 4.69) is 52.7 Å². The summed E-state index contributed by atoms with van der Waals surface area (Å²) >= 11 is 1.21. The van der Waals surface area contributed by atoms with Crippen LogP contribution in [0, 0.1) is 17.6 Å². The van der Waals surface area contributed by atoms with Crippen LogP contribution in [-0.2, 0) is 14.3 Å². The van der Waals surface area contributed by atoms with E-state index in [0.29, 0.717) is 5.92 Å². The predicted octanol–water partition coefficient (Wildman–Crippen LogP) is 3.48. The van der Waals surface area contributed by atoms with Gasteiger partial charge < -0.3 is 4.43 Å². The molecule has 0 N–H and O–H groups in total. The third-order valence-electron chi connectivity index (χ3n) is 5.52. The van der Waals surface area contributed by atoms with E-state index in [1.165, 1.54) is 17.1 Å². The van der Waals surface area contributed by atoms with Gasteiger partial charge in [-0.3, -0.25) is 0 Å². The number of rotatable bonds is 9. The van der Waals surface area contributed by atoms with Gasteiger partial charge in [-0.15, -0.1) is 17.1 Å². The zero-order chi connectivity index (χ0) is 21.9. The molecule has 0 aliphatic heterocycles. The summed E-state index contributed by atoms with van der Waals surface area (Å²) in [5.41, 5.74) is 0.720. The molecule has 0 amide bonds. The molecule has 8 heteroatoms. The van der Waals surface area contributed by atoms with Gasteiger partial charge in [0.2, 0.25) is 0 Å². The fourth-order valence-corrected chi connectivity index (χ4v) is 6.09. The Kier molecular flexibility index (Phi) is 11.0. The van der Waals surface area contributed by atoms with Crippen molar-refractivity contribution in [3.8, 4) is 0 Å². The van der Waals surface area contributed by atoms with Crippen molar-refractivity contribution in [3.63, 3.8) is 0 Å². The monoisotopic (exact) mass is 491 g/mol. The summed E-state index contributed by atoms with van der Waals surface area (Å²) in [6.45, 7) is 16.3. The van der Waals surface area contributed by atoms with Crippen molar-refractivity contribution in [2.45, 2.75) is 63.5 Å². The van der Waals surface area contributed by atoms with Gasteiger partial charge in [-0.2, -0.15) is 0 Å². The van der Waals surface area contributed by atoms with Crippen molar-refractivity contribution in [2.24, 2.45) is 11.8 Å². The molecule has 0 saturated carbocycles. The van der Waals surface area contributed by atoms with E-state index < -0.39 is 18.2 Å². The van der Waals surface area contributed by atoms with Crippen molar-refractivity contribution < 1.29 is 64.2 Å². The second kappa shape index (κ2) is 11.6. The standard InChI is InChI=1S/C22H34NO3S2Si.K/c1-17(15-18(2)16-26-29(6,7)22(3,4)5)11-10-14-28(24,25)21-23-19-12-8-9-13-20(19)27-21;/h8-14,17-18H,15-16H2,1-7H3;/q-1;+1/b11-10+;/t17-,18-;/m1./s1. The van der Waals surface area contributed by atoms with E-state index in [9.17, 15) is 8.42 Å². The van der Waals surface area contributed by atoms with Crippen LogP contribution in [0.5, 0.6) is 0 Å². The number of fused-ring (bicyclic) bond motifs is 1. The van der Waals surface area contributed by atoms with Crippen LogP contribution in [0.15, 0.2) is 40.8 Å². The Morgan fingerprint density at radius 3 is 2.47 bits per heavy atom. The molecule has 1 heterocycles. The summed E-state index contributed by atoms with van der Waals surface area (Å²) in [6.07, 6.45) is 4.56. The number of allylic oxidation sites excluding steroid dienone is 1. The van der Waals surface area contributed by atoms with E-state index >= 15 is 0 Å². The average Bonchev–Trinajstić information content (AvgIpc) is 3.04. The summed E-state index contributed by atoms with van der Waals surface area (Å²) in [6, 6.07) is 7.46. The van der Waals surface area contributed by atoms with E-state index in [4.69, 9.17) is 4.43 Å². The van der Waals surface area contributed by atoms with Crippen LogP contribution < -0.4 is 51.4 Å². The minimum absolute atomic E-state index is 0. The zero-order valence-corrected chi connectivity index (χ0v) is 25.4. The number of nitrogens with zero attached hydrogens (tertiary/aromatic N) is 1. The van der Waals surface area contributed by atoms with Crippen LogP contribution in [0.25, 0.3) is 10.2 Å². The van der Waals surface area contributed by atoms with Gasteiger partial charge in [-0.05, 0) is 36.2 Å². The van der Waals surface area contributed by atoms with Crippen molar-refractivity contribution in [1.29, 1.82) is 0 Å². The summed E-state index contributed by atoms with van der Waals surface area (Å²) in [5, 5.41) is 0.211. The normalized spacial score (nSPS) is 15.2. The molecule has 1 aromatic heterocycles. The molecule has 4 nitrogen and oxygen atoms in total. The van der Waals surface area contributed by atoms with Gasteiger partial charge in [0.1, 0.15) is 0 Å². The van der Waals surface area contributed by atoms with Gasteiger partial charge in [0.25, 0.3) is 0 Å². The first kappa shape index (κ1) is 28.5. The molecule has 1 aromatic carbocycles. The van der Waals surface area contributed by atoms with Gasteiger partial charge >= 0.3 is 51.4 Å². The van der Waals surface area contributed by atoms with E-state index in [-0.39, 0.29) is 66.7 Å². The van der Waals surface area contributed by atoms with E-state index in [1.54, 1.807) is 6.08 Å². The van der Waals surface area contributed by atoms with Crippen molar-refractivity contribution in [2.75, 3.05) is 6.61 Å². The molecule has 162 valence electrons. The molecule has 30 heavy (non-hydrogen) atoms.